The van der Waals surface area contributed by atoms with Crippen LogP contribution in [0.4, 0.5) is 5.69 Å². The van der Waals surface area contributed by atoms with E-state index in [4.69, 9.17) is 10.1 Å². The second-order valence-corrected chi connectivity index (χ2v) is 8.25. The largest absolute Gasteiger partial charge is 0.262 e. The van der Waals surface area contributed by atoms with Gasteiger partial charge in [-0.2, -0.15) is 5.10 Å². The molecule has 144 valence electrons. The third kappa shape index (κ3) is 4.30. The molecule has 4 nitrogen and oxygen atoms in total. The Hall–Kier alpha value is -2.53. The van der Waals surface area contributed by atoms with Gasteiger partial charge in [0.15, 0.2) is 0 Å². The first-order chi connectivity index (χ1) is 13.7. The normalized spacial score (nSPS) is 15.5. The molecule has 0 aliphatic heterocycles. The summed E-state index contributed by atoms with van der Waals surface area (Å²) in [6.45, 7) is 4.31. The topological polar surface area (TPSA) is 42.5 Å². The zero-order valence-corrected chi connectivity index (χ0v) is 17.4. The van der Waals surface area contributed by atoms with Gasteiger partial charge in [-0.15, -0.1) is 11.3 Å². The lowest BCUT2D eigenvalue weighted by Gasteiger charge is -2.09. The summed E-state index contributed by atoms with van der Waals surface area (Å²) in [5, 5.41) is 7.26. The van der Waals surface area contributed by atoms with Gasteiger partial charge in [0.2, 0.25) is 4.80 Å². The van der Waals surface area contributed by atoms with Gasteiger partial charge < -0.3 is 0 Å². The van der Waals surface area contributed by atoms with Crippen LogP contribution in [-0.2, 0) is 0 Å². The second-order valence-electron chi connectivity index (χ2n) is 7.42. The van der Waals surface area contributed by atoms with Crippen LogP contribution in [0.15, 0.2) is 58.2 Å². The Labute approximate surface area is 170 Å². The number of aromatic nitrogens is 2. The highest BCUT2D eigenvalue weighted by atomic mass is 32.1. The fourth-order valence-corrected chi connectivity index (χ4v) is 4.33. The highest BCUT2D eigenvalue weighted by Crippen LogP contribution is 2.24. The van der Waals surface area contributed by atoms with Crippen LogP contribution in [0.1, 0.15) is 49.7 Å². The number of hydrogen-bond acceptors (Lipinski definition) is 4. The smallest absolute Gasteiger partial charge is 0.211 e. The molecule has 0 unspecified atom stereocenters. The number of hydrogen-bond donors (Lipinski definition) is 0. The van der Waals surface area contributed by atoms with E-state index in [-0.39, 0.29) is 0 Å². The lowest BCUT2D eigenvalue weighted by molar-refractivity contribution is 0.702. The van der Waals surface area contributed by atoms with E-state index in [9.17, 15) is 0 Å². The van der Waals surface area contributed by atoms with Crippen molar-refractivity contribution < 1.29 is 0 Å². The number of nitrogens with zero attached hydrogens (tertiary/aromatic N) is 4. The molecule has 0 atom stereocenters. The Morgan fingerprint density at radius 2 is 1.82 bits per heavy atom. The van der Waals surface area contributed by atoms with Crippen LogP contribution < -0.4 is 4.80 Å². The highest BCUT2D eigenvalue weighted by Gasteiger charge is 2.12. The minimum Gasteiger partial charge on any atom is -0.262 e. The maximum absolute atomic E-state index is 5.09. The van der Waals surface area contributed by atoms with Crippen molar-refractivity contribution in [3.05, 3.63) is 64.0 Å². The molecule has 2 aromatic heterocycles. The Balaban J connectivity index is 1.85. The third-order valence-electron chi connectivity index (χ3n) is 5.28. The average molecular weight is 391 g/mol. The van der Waals surface area contributed by atoms with Gasteiger partial charge in [0.25, 0.3) is 0 Å². The summed E-state index contributed by atoms with van der Waals surface area (Å²) in [7, 11) is 0. The zero-order chi connectivity index (χ0) is 19.3. The summed E-state index contributed by atoms with van der Waals surface area (Å²) in [6, 6.07) is 10.5. The summed E-state index contributed by atoms with van der Waals surface area (Å²) < 4.78 is 2.04. The van der Waals surface area contributed by atoms with Gasteiger partial charge in [-0.1, -0.05) is 25.0 Å². The van der Waals surface area contributed by atoms with Crippen LogP contribution >= 0.6 is 11.3 Å². The van der Waals surface area contributed by atoms with Crippen molar-refractivity contribution in [1.82, 2.24) is 9.66 Å². The van der Waals surface area contributed by atoms with E-state index in [2.05, 4.69) is 42.4 Å². The maximum atomic E-state index is 5.09. The Bertz CT molecular complexity index is 1030. The molecule has 3 aromatic rings. The van der Waals surface area contributed by atoms with E-state index >= 15 is 0 Å². The SMILES string of the molecule is Cc1ccc(-c2csc(=Nc3cccnc3)n2N=C2CCCCCC2)cc1C. The molecule has 0 spiro atoms. The van der Waals surface area contributed by atoms with Crippen molar-refractivity contribution in [2.75, 3.05) is 0 Å². The summed E-state index contributed by atoms with van der Waals surface area (Å²) in [5.41, 5.74) is 7.03. The summed E-state index contributed by atoms with van der Waals surface area (Å²) in [4.78, 5) is 9.91. The first-order valence-corrected chi connectivity index (χ1v) is 10.9. The second kappa shape index (κ2) is 8.65. The molecule has 0 bridgehead atoms. The van der Waals surface area contributed by atoms with Gasteiger partial charge >= 0.3 is 0 Å². The quantitative estimate of drug-likeness (QED) is 0.504. The lowest BCUT2D eigenvalue weighted by Crippen LogP contribution is -2.14. The van der Waals surface area contributed by atoms with Crippen LogP contribution in [0.5, 0.6) is 0 Å². The number of thiazole rings is 1. The molecule has 1 aliphatic carbocycles. The standard InChI is InChI=1S/C23H26N4S/c1-17-11-12-19(14-18(17)2)22-16-28-23(25-21-10-7-13-24-15-21)27(22)26-20-8-5-3-4-6-9-20/h7,10-16H,3-6,8-9H2,1-2H3. The van der Waals surface area contributed by atoms with Crippen molar-refractivity contribution in [2.24, 2.45) is 10.1 Å². The van der Waals surface area contributed by atoms with Crippen LogP contribution in [0.2, 0.25) is 0 Å². The molecule has 2 heterocycles. The van der Waals surface area contributed by atoms with Gasteiger partial charge in [0.05, 0.1) is 17.6 Å². The molecule has 1 aromatic carbocycles. The fourth-order valence-electron chi connectivity index (χ4n) is 3.48. The minimum atomic E-state index is 0.853. The summed E-state index contributed by atoms with van der Waals surface area (Å²) >= 11 is 1.63. The lowest BCUT2D eigenvalue weighted by atomic mass is 10.1. The molecule has 0 amide bonds. The fraction of sp³-hybridized carbons (Fsp3) is 0.348. The van der Waals surface area contributed by atoms with Gasteiger partial charge in [-0.3, -0.25) is 4.98 Å². The first-order valence-electron chi connectivity index (χ1n) is 10.0. The molecule has 28 heavy (non-hydrogen) atoms. The molecule has 1 saturated carbocycles. The third-order valence-corrected chi connectivity index (χ3v) is 6.10. The Morgan fingerprint density at radius 1 is 1.00 bits per heavy atom. The molecule has 5 heteroatoms. The van der Waals surface area contributed by atoms with Crippen LogP contribution in [0.3, 0.4) is 0 Å². The van der Waals surface area contributed by atoms with E-state index in [0.717, 1.165) is 29.0 Å². The summed E-state index contributed by atoms with van der Waals surface area (Å²) in [6.07, 6.45) is 10.8. The summed E-state index contributed by atoms with van der Waals surface area (Å²) in [5.74, 6) is 0. The maximum Gasteiger partial charge on any atom is 0.211 e. The number of benzene rings is 1. The van der Waals surface area contributed by atoms with E-state index < -0.39 is 0 Å². The van der Waals surface area contributed by atoms with Crippen LogP contribution in [0.25, 0.3) is 11.3 Å². The van der Waals surface area contributed by atoms with Crippen molar-refractivity contribution in [2.45, 2.75) is 52.4 Å². The van der Waals surface area contributed by atoms with Crippen LogP contribution in [0, 0.1) is 13.8 Å². The van der Waals surface area contributed by atoms with Crippen molar-refractivity contribution >= 4 is 22.7 Å². The van der Waals surface area contributed by atoms with Gasteiger partial charge in [-0.05, 0) is 68.9 Å². The molecule has 0 radical (unpaired) electrons. The minimum absolute atomic E-state index is 0.853. The number of rotatable bonds is 3. The van der Waals surface area contributed by atoms with Crippen molar-refractivity contribution in [3.8, 4) is 11.3 Å². The monoisotopic (exact) mass is 390 g/mol. The zero-order valence-electron chi connectivity index (χ0n) is 16.6. The Morgan fingerprint density at radius 3 is 2.54 bits per heavy atom. The van der Waals surface area contributed by atoms with E-state index in [1.54, 1.807) is 23.7 Å². The predicted molar refractivity (Wildman–Crippen MR) is 117 cm³/mol. The molecule has 1 fully saturated rings. The van der Waals surface area contributed by atoms with E-state index in [1.807, 2.05) is 16.8 Å². The van der Waals surface area contributed by atoms with Crippen molar-refractivity contribution in [1.29, 1.82) is 0 Å². The number of aryl methyl sites for hydroxylation is 2. The number of pyridine rings is 1. The van der Waals surface area contributed by atoms with Gasteiger partial charge in [0, 0.05) is 22.9 Å². The first kappa shape index (κ1) is 18.8. The van der Waals surface area contributed by atoms with E-state index in [0.29, 0.717) is 0 Å². The molecule has 1 aliphatic rings. The molecular weight excluding hydrogens is 364 g/mol. The molecular formula is C23H26N4S. The average Bonchev–Trinajstić information content (AvgIpc) is 2.91. The van der Waals surface area contributed by atoms with Crippen molar-refractivity contribution in [3.63, 3.8) is 0 Å². The van der Waals surface area contributed by atoms with Crippen LogP contribution in [-0.4, -0.2) is 15.4 Å². The highest BCUT2D eigenvalue weighted by molar-refractivity contribution is 7.07. The predicted octanol–water partition coefficient (Wildman–Crippen LogP) is 6.02. The molecule has 0 N–H and O–H groups in total. The van der Waals surface area contributed by atoms with Gasteiger partial charge in [0.1, 0.15) is 0 Å². The molecule has 0 saturated heterocycles. The molecule has 4 rings (SSSR count). The Kier molecular flexibility index (Phi) is 5.81. The van der Waals surface area contributed by atoms with Gasteiger partial charge in [-0.25, -0.2) is 9.67 Å². The van der Waals surface area contributed by atoms with E-state index in [1.165, 1.54) is 48.1 Å².